The van der Waals surface area contributed by atoms with Gasteiger partial charge in [-0.15, -0.1) is 0 Å². The third-order valence-electron chi connectivity index (χ3n) is 4.54. The second kappa shape index (κ2) is 7.89. The molecule has 1 saturated heterocycles. The van der Waals surface area contributed by atoms with Crippen molar-refractivity contribution in [3.05, 3.63) is 87.9 Å². The summed E-state index contributed by atoms with van der Waals surface area (Å²) in [6.07, 6.45) is 0. The molecule has 0 bridgehead atoms. The van der Waals surface area contributed by atoms with E-state index in [1.807, 2.05) is 54.6 Å². The van der Waals surface area contributed by atoms with Gasteiger partial charge in [-0.1, -0.05) is 53.0 Å². The van der Waals surface area contributed by atoms with Gasteiger partial charge < -0.3 is 14.7 Å². The fourth-order valence-corrected chi connectivity index (χ4v) is 3.81. The summed E-state index contributed by atoms with van der Waals surface area (Å²) >= 11 is 18.7. The van der Waals surface area contributed by atoms with E-state index in [4.69, 9.17) is 34.8 Å². The Kier molecular flexibility index (Phi) is 5.35. The highest BCUT2D eigenvalue weighted by Gasteiger charge is 2.24. The van der Waals surface area contributed by atoms with E-state index in [9.17, 15) is 0 Å². The molecule has 0 radical (unpaired) electrons. The van der Waals surface area contributed by atoms with Crippen LogP contribution in [0.15, 0.2) is 72.8 Å². The van der Waals surface area contributed by atoms with E-state index in [1.165, 1.54) is 0 Å². The molecule has 138 valence electrons. The van der Waals surface area contributed by atoms with Crippen LogP contribution in [0.4, 0.5) is 17.1 Å². The van der Waals surface area contributed by atoms with Crippen LogP contribution in [-0.2, 0) is 0 Å². The predicted molar refractivity (Wildman–Crippen MR) is 116 cm³/mol. The Balaban J connectivity index is 1.70. The van der Waals surface area contributed by atoms with Crippen LogP contribution in [-0.4, -0.2) is 20.0 Å². The Morgan fingerprint density at radius 3 is 1.04 bits per heavy atom. The Labute approximate surface area is 174 Å². The molecular formula is C21H18Cl3N3. The fourth-order valence-electron chi connectivity index (χ4n) is 3.26. The summed E-state index contributed by atoms with van der Waals surface area (Å²) in [4.78, 5) is 6.82. The highest BCUT2D eigenvalue weighted by molar-refractivity contribution is 6.31. The van der Waals surface area contributed by atoms with Gasteiger partial charge in [0, 0.05) is 32.1 Å². The molecule has 0 aliphatic carbocycles. The minimum absolute atomic E-state index is 0.724. The Morgan fingerprint density at radius 2 is 0.778 bits per heavy atom. The molecule has 3 aromatic rings. The molecule has 0 spiro atoms. The Bertz CT molecular complexity index is 819. The van der Waals surface area contributed by atoms with Crippen LogP contribution in [0, 0.1) is 0 Å². The van der Waals surface area contributed by atoms with Gasteiger partial charge >= 0.3 is 0 Å². The number of hydrogen-bond donors (Lipinski definition) is 0. The number of anilines is 3. The largest absolute Gasteiger partial charge is 0.336 e. The second-order valence-corrected chi connectivity index (χ2v) is 7.79. The molecule has 0 amide bonds. The van der Waals surface area contributed by atoms with Crippen LogP contribution in [0.5, 0.6) is 0 Å². The molecule has 1 fully saturated rings. The van der Waals surface area contributed by atoms with E-state index in [0.717, 1.165) is 52.1 Å². The van der Waals surface area contributed by atoms with Crippen molar-refractivity contribution in [1.82, 2.24) is 0 Å². The zero-order valence-electron chi connectivity index (χ0n) is 14.5. The summed E-state index contributed by atoms with van der Waals surface area (Å²) in [5.74, 6) is 0. The SMILES string of the molecule is Clc1cccc(N2CN(c3cccc(Cl)c3)CN(c3cccc(Cl)c3)C2)c1. The average Bonchev–Trinajstić information content (AvgIpc) is 2.68. The summed E-state index contributed by atoms with van der Waals surface area (Å²) in [6, 6.07) is 23.8. The molecule has 4 rings (SSSR count). The number of benzene rings is 3. The van der Waals surface area contributed by atoms with Gasteiger partial charge in [0.2, 0.25) is 0 Å². The minimum atomic E-state index is 0.724. The molecule has 0 atom stereocenters. The van der Waals surface area contributed by atoms with Gasteiger partial charge in [-0.25, -0.2) is 0 Å². The molecule has 3 nitrogen and oxygen atoms in total. The quantitative estimate of drug-likeness (QED) is 0.490. The van der Waals surface area contributed by atoms with Crippen LogP contribution in [0.3, 0.4) is 0 Å². The maximum atomic E-state index is 6.22. The molecule has 0 aromatic heterocycles. The topological polar surface area (TPSA) is 9.72 Å². The molecule has 0 N–H and O–H groups in total. The van der Waals surface area contributed by atoms with Gasteiger partial charge in [-0.3, -0.25) is 0 Å². The highest BCUT2D eigenvalue weighted by atomic mass is 35.5. The van der Waals surface area contributed by atoms with E-state index in [-0.39, 0.29) is 0 Å². The van der Waals surface area contributed by atoms with Crippen molar-refractivity contribution < 1.29 is 0 Å². The van der Waals surface area contributed by atoms with Gasteiger partial charge in [0.25, 0.3) is 0 Å². The summed E-state index contributed by atoms with van der Waals surface area (Å²) in [7, 11) is 0. The maximum Gasteiger partial charge on any atom is 0.0937 e. The van der Waals surface area contributed by atoms with Crippen molar-refractivity contribution in [2.24, 2.45) is 0 Å². The third-order valence-corrected chi connectivity index (χ3v) is 5.25. The normalized spacial score (nSPS) is 14.6. The molecule has 1 heterocycles. The predicted octanol–water partition coefficient (Wildman–Crippen LogP) is 6.35. The Morgan fingerprint density at radius 1 is 0.481 bits per heavy atom. The first-order valence-electron chi connectivity index (χ1n) is 8.60. The lowest BCUT2D eigenvalue weighted by atomic mass is 10.2. The van der Waals surface area contributed by atoms with Gasteiger partial charge in [-0.2, -0.15) is 0 Å². The van der Waals surface area contributed by atoms with E-state index >= 15 is 0 Å². The summed E-state index contributed by atoms with van der Waals surface area (Å²) in [5.41, 5.74) is 3.21. The van der Waals surface area contributed by atoms with Crippen molar-refractivity contribution in [2.45, 2.75) is 0 Å². The van der Waals surface area contributed by atoms with Crippen molar-refractivity contribution >= 4 is 51.9 Å². The van der Waals surface area contributed by atoms with E-state index in [2.05, 4.69) is 32.9 Å². The van der Waals surface area contributed by atoms with E-state index in [0.29, 0.717) is 0 Å². The molecule has 6 heteroatoms. The molecule has 1 aliphatic rings. The lowest BCUT2D eigenvalue weighted by molar-refractivity contribution is 0.611. The number of hydrogen-bond acceptors (Lipinski definition) is 3. The van der Waals surface area contributed by atoms with Crippen molar-refractivity contribution in [2.75, 3.05) is 34.7 Å². The standard InChI is InChI=1S/C21H18Cl3N3/c22-16-4-1-7-19(10-16)25-13-26(20-8-2-5-17(23)11-20)15-27(14-25)21-9-3-6-18(24)12-21/h1-12H,13-15H2. The van der Waals surface area contributed by atoms with Crippen molar-refractivity contribution in [1.29, 1.82) is 0 Å². The smallest absolute Gasteiger partial charge is 0.0937 e. The third kappa shape index (κ3) is 4.27. The van der Waals surface area contributed by atoms with Crippen LogP contribution >= 0.6 is 34.8 Å². The molecule has 27 heavy (non-hydrogen) atoms. The first kappa shape index (κ1) is 18.3. The molecular weight excluding hydrogens is 401 g/mol. The summed E-state index contributed by atoms with van der Waals surface area (Å²) in [6.45, 7) is 2.20. The van der Waals surface area contributed by atoms with Gasteiger partial charge in [0.05, 0.1) is 20.0 Å². The molecule has 0 unspecified atom stereocenters. The molecule has 3 aromatic carbocycles. The first-order chi connectivity index (χ1) is 13.1. The molecule has 1 aliphatic heterocycles. The highest BCUT2D eigenvalue weighted by Crippen LogP contribution is 2.29. The monoisotopic (exact) mass is 417 g/mol. The minimum Gasteiger partial charge on any atom is -0.336 e. The lowest BCUT2D eigenvalue weighted by Gasteiger charge is -2.45. The van der Waals surface area contributed by atoms with Crippen molar-refractivity contribution in [3.8, 4) is 0 Å². The number of rotatable bonds is 3. The van der Waals surface area contributed by atoms with Crippen LogP contribution in [0.25, 0.3) is 0 Å². The zero-order valence-corrected chi connectivity index (χ0v) is 16.8. The summed E-state index contributed by atoms with van der Waals surface area (Å²) < 4.78 is 0. The number of halogens is 3. The van der Waals surface area contributed by atoms with Gasteiger partial charge in [0.15, 0.2) is 0 Å². The van der Waals surface area contributed by atoms with E-state index < -0.39 is 0 Å². The molecule has 0 saturated carbocycles. The first-order valence-corrected chi connectivity index (χ1v) is 9.73. The van der Waals surface area contributed by atoms with Gasteiger partial charge in [0.1, 0.15) is 0 Å². The van der Waals surface area contributed by atoms with Crippen LogP contribution < -0.4 is 14.7 Å². The fraction of sp³-hybridized carbons (Fsp3) is 0.143. The Hall–Kier alpha value is -2.07. The van der Waals surface area contributed by atoms with Crippen LogP contribution in [0.2, 0.25) is 15.1 Å². The van der Waals surface area contributed by atoms with Crippen LogP contribution in [0.1, 0.15) is 0 Å². The second-order valence-electron chi connectivity index (χ2n) is 6.48. The lowest BCUT2D eigenvalue weighted by Crippen LogP contribution is -2.55. The zero-order chi connectivity index (χ0) is 18.8. The van der Waals surface area contributed by atoms with Gasteiger partial charge in [-0.05, 0) is 54.6 Å². The van der Waals surface area contributed by atoms with E-state index in [1.54, 1.807) is 0 Å². The maximum absolute atomic E-state index is 6.22. The average molecular weight is 419 g/mol. The van der Waals surface area contributed by atoms with Crippen molar-refractivity contribution in [3.63, 3.8) is 0 Å². The number of nitrogens with zero attached hydrogens (tertiary/aromatic N) is 3. The summed E-state index contributed by atoms with van der Waals surface area (Å²) in [5, 5.41) is 2.17.